The van der Waals surface area contributed by atoms with Gasteiger partial charge in [-0.05, 0) is 49.3 Å². The van der Waals surface area contributed by atoms with Crippen molar-refractivity contribution in [3.05, 3.63) is 36.4 Å². The van der Waals surface area contributed by atoms with Crippen molar-refractivity contribution in [1.29, 1.82) is 5.41 Å². The first kappa shape index (κ1) is 10.4. The van der Waals surface area contributed by atoms with E-state index in [-0.39, 0.29) is 0 Å². The Labute approximate surface area is 94.4 Å². The van der Waals surface area contributed by atoms with E-state index in [4.69, 9.17) is 11.1 Å². The summed E-state index contributed by atoms with van der Waals surface area (Å²) in [5.41, 5.74) is 11.8. The molecule has 16 heavy (non-hydrogen) atoms. The lowest BCUT2D eigenvalue weighted by molar-refractivity contribution is 1.11. The Hall–Kier alpha value is -2.10. The summed E-state index contributed by atoms with van der Waals surface area (Å²) in [7, 11) is 0. The van der Waals surface area contributed by atoms with Crippen LogP contribution in [0.2, 0.25) is 0 Å². The third kappa shape index (κ3) is 2.70. The molecule has 2 rings (SSSR count). The van der Waals surface area contributed by atoms with Crippen LogP contribution >= 0.6 is 0 Å². The van der Waals surface area contributed by atoms with Gasteiger partial charge in [0.2, 0.25) is 0 Å². The first-order chi connectivity index (χ1) is 7.74. The van der Waals surface area contributed by atoms with Gasteiger partial charge in [0.1, 0.15) is 0 Å². The van der Waals surface area contributed by atoms with Crippen molar-refractivity contribution < 1.29 is 0 Å². The first-order valence-electron chi connectivity index (χ1n) is 5.18. The summed E-state index contributed by atoms with van der Waals surface area (Å²) in [5, 5.41) is 11.7. The van der Waals surface area contributed by atoms with Gasteiger partial charge in [-0.15, -0.1) is 0 Å². The quantitative estimate of drug-likeness (QED) is 0.522. The number of hydrazone groups is 1. The van der Waals surface area contributed by atoms with Crippen LogP contribution in [0.3, 0.4) is 0 Å². The number of rotatable bonds is 2. The highest BCUT2D eigenvalue weighted by Gasteiger charge is 2.04. The summed E-state index contributed by atoms with van der Waals surface area (Å²) < 4.78 is 0. The molecule has 0 aromatic heterocycles. The van der Waals surface area contributed by atoms with E-state index in [0.717, 1.165) is 29.9 Å². The normalized spacial score (nSPS) is 17.8. The molecule has 0 bridgehead atoms. The van der Waals surface area contributed by atoms with E-state index in [1.54, 1.807) is 6.08 Å². The van der Waals surface area contributed by atoms with Crippen molar-refractivity contribution in [3.63, 3.8) is 0 Å². The molecule has 0 aliphatic heterocycles. The number of hydrogen-bond acceptors (Lipinski definition) is 4. The van der Waals surface area contributed by atoms with Gasteiger partial charge in [-0.25, -0.2) is 0 Å². The molecular weight excluding hydrogens is 200 g/mol. The molecule has 0 unspecified atom stereocenters. The highest BCUT2D eigenvalue weighted by Crippen LogP contribution is 2.11. The van der Waals surface area contributed by atoms with Gasteiger partial charge in [-0.3, -0.25) is 5.43 Å². The van der Waals surface area contributed by atoms with Crippen molar-refractivity contribution in [3.8, 4) is 0 Å². The van der Waals surface area contributed by atoms with Crippen LogP contribution in [0.15, 0.2) is 41.5 Å². The molecular formula is C12H14N4. The van der Waals surface area contributed by atoms with E-state index in [9.17, 15) is 0 Å². The molecule has 0 radical (unpaired) electrons. The molecule has 0 saturated carbocycles. The number of anilines is 2. The van der Waals surface area contributed by atoms with E-state index in [0.29, 0.717) is 5.71 Å². The van der Waals surface area contributed by atoms with E-state index in [2.05, 4.69) is 10.5 Å². The zero-order valence-electron chi connectivity index (χ0n) is 8.90. The van der Waals surface area contributed by atoms with Gasteiger partial charge in [0, 0.05) is 11.4 Å². The number of allylic oxidation sites excluding steroid dienone is 2. The standard InChI is InChI=1S/C12H14N4/c13-9-1-5-11(6-2-9)15-16-12-7-3-10(14)4-8-12/h1-3,5-7,14-15H,4,8,13H2/b14-10?,16-12-. The largest absolute Gasteiger partial charge is 0.399 e. The molecule has 1 aliphatic carbocycles. The summed E-state index contributed by atoms with van der Waals surface area (Å²) in [6.45, 7) is 0. The maximum Gasteiger partial charge on any atom is 0.0611 e. The van der Waals surface area contributed by atoms with Crippen molar-refractivity contribution in [2.24, 2.45) is 5.10 Å². The molecule has 0 fully saturated rings. The summed E-state index contributed by atoms with van der Waals surface area (Å²) in [4.78, 5) is 0. The molecule has 4 heteroatoms. The summed E-state index contributed by atoms with van der Waals surface area (Å²) in [6, 6.07) is 7.42. The third-order valence-corrected chi connectivity index (χ3v) is 2.37. The average molecular weight is 214 g/mol. The molecule has 0 heterocycles. The second kappa shape index (κ2) is 4.61. The van der Waals surface area contributed by atoms with E-state index < -0.39 is 0 Å². The second-order valence-electron chi connectivity index (χ2n) is 3.70. The lowest BCUT2D eigenvalue weighted by Crippen LogP contribution is -2.08. The molecule has 1 aromatic rings. The summed E-state index contributed by atoms with van der Waals surface area (Å²) >= 11 is 0. The fraction of sp³-hybridized carbons (Fsp3) is 0.167. The lowest BCUT2D eigenvalue weighted by atomic mass is 10.0. The molecule has 0 saturated heterocycles. The Morgan fingerprint density at radius 3 is 2.50 bits per heavy atom. The van der Waals surface area contributed by atoms with Crippen LogP contribution in [0.25, 0.3) is 0 Å². The number of benzene rings is 1. The number of hydrogen-bond donors (Lipinski definition) is 3. The maximum atomic E-state index is 7.42. The van der Waals surface area contributed by atoms with Gasteiger partial charge in [0.05, 0.1) is 11.4 Å². The molecule has 1 aliphatic rings. The molecule has 82 valence electrons. The van der Waals surface area contributed by atoms with Crippen LogP contribution in [-0.2, 0) is 0 Å². The van der Waals surface area contributed by atoms with Gasteiger partial charge in [-0.1, -0.05) is 0 Å². The number of nitrogens with two attached hydrogens (primary N) is 1. The maximum absolute atomic E-state index is 7.42. The highest BCUT2D eigenvalue weighted by atomic mass is 15.3. The molecule has 1 aromatic carbocycles. The summed E-state index contributed by atoms with van der Waals surface area (Å²) in [6.07, 6.45) is 5.24. The lowest BCUT2D eigenvalue weighted by Gasteiger charge is -2.08. The monoisotopic (exact) mass is 214 g/mol. The van der Waals surface area contributed by atoms with Crippen molar-refractivity contribution in [2.75, 3.05) is 11.2 Å². The smallest absolute Gasteiger partial charge is 0.0611 e. The van der Waals surface area contributed by atoms with Crippen LogP contribution in [0.1, 0.15) is 12.8 Å². The minimum atomic E-state index is 0.659. The highest BCUT2D eigenvalue weighted by molar-refractivity contribution is 6.08. The SMILES string of the molecule is N=C1C=C/C(=N/Nc2ccc(N)cc2)CC1. The average Bonchev–Trinajstić information content (AvgIpc) is 2.30. The minimum Gasteiger partial charge on any atom is -0.399 e. The van der Waals surface area contributed by atoms with Crippen LogP contribution in [0.4, 0.5) is 11.4 Å². The molecule has 4 N–H and O–H groups in total. The van der Waals surface area contributed by atoms with Crippen LogP contribution in [0.5, 0.6) is 0 Å². The predicted molar refractivity (Wildman–Crippen MR) is 68.0 cm³/mol. The van der Waals surface area contributed by atoms with E-state index in [1.165, 1.54) is 0 Å². The molecule has 4 nitrogen and oxygen atoms in total. The van der Waals surface area contributed by atoms with Crippen LogP contribution in [-0.4, -0.2) is 11.4 Å². The van der Waals surface area contributed by atoms with Crippen molar-refractivity contribution in [1.82, 2.24) is 0 Å². The van der Waals surface area contributed by atoms with Crippen molar-refractivity contribution in [2.45, 2.75) is 12.8 Å². The first-order valence-corrected chi connectivity index (χ1v) is 5.18. The third-order valence-electron chi connectivity index (χ3n) is 2.37. The van der Waals surface area contributed by atoms with Gasteiger partial charge >= 0.3 is 0 Å². The van der Waals surface area contributed by atoms with Crippen molar-refractivity contribution >= 4 is 22.8 Å². The predicted octanol–water partition coefficient (Wildman–Crippen LogP) is 2.41. The zero-order chi connectivity index (χ0) is 11.4. The van der Waals surface area contributed by atoms with E-state index in [1.807, 2.05) is 30.3 Å². The van der Waals surface area contributed by atoms with E-state index >= 15 is 0 Å². The number of nitrogens with zero attached hydrogens (tertiary/aromatic N) is 1. The second-order valence-corrected chi connectivity index (χ2v) is 3.70. The van der Waals surface area contributed by atoms with Crippen LogP contribution in [0, 0.1) is 5.41 Å². The Kier molecular flexibility index (Phi) is 3.00. The molecule has 0 amide bonds. The Bertz CT molecular complexity index is 443. The zero-order valence-corrected chi connectivity index (χ0v) is 8.90. The van der Waals surface area contributed by atoms with Gasteiger partial charge in [0.15, 0.2) is 0 Å². The fourth-order valence-corrected chi connectivity index (χ4v) is 1.41. The number of nitrogen functional groups attached to an aromatic ring is 1. The Balaban J connectivity index is 2.01. The van der Waals surface area contributed by atoms with Gasteiger partial charge < -0.3 is 11.1 Å². The molecule has 0 atom stereocenters. The number of nitrogens with one attached hydrogen (secondary N) is 2. The topological polar surface area (TPSA) is 74.3 Å². The Morgan fingerprint density at radius 2 is 1.88 bits per heavy atom. The summed E-state index contributed by atoms with van der Waals surface area (Å²) in [5.74, 6) is 0. The van der Waals surface area contributed by atoms with Crippen LogP contribution < -0.4 is 11.2 Å². The van der Waals surface area contributed by atoms with Gasteiger partial charge in [-0.2, -0.15) is 5.10 Å². The minimum absolute atomic E-state index is 0.659. The van der Waals surface area contributed by atoms with Gasteiger partial charge in [0.25, 0.3) is 0 Å². The molecule has 0 spiro atoms. The Morgan fingerprint density at radius 1 is 1.12 bits per heavy atom. The fourth-order valence-electron chi connectivity index (χ4n) is 1.41.